The molecular weight excluding hydrogens is 148 g/mol. The molecule has 2 nitrogen and oxygen atoms in total. The van der Waals surface area contributed by atoms with E-state index in [-0.39, 0.29) is 0 Å². The van der Waals surface area contributed by atoms with Crippen LogP contribution in [0.1, 0.15) is 39.0 Å². The average Bonchev–Trinajstić information content (AvgIpc) is 1.93. The maximum atomic E-state index is 5.77. The van der Waals surface area contributed by atoms with Crippen LogP contribution in [0.2, 0.25) is 0 Å². The zero-order valence-corrected chi connectivity index (χ0v) is 8.26. The van der Waals surface area contributed by atoms with Gasteiger partial charge >= 0.3 is 0 Å². The van der Waals surface area contributed by atoms with Crippen LogP contribution in [0.4, 0.5) is 0 Å². The second-order valence-corrected chi connectivity index (χ2v) is 4.05. The van der Waals surface area contributed by atoms with Crippen molar-refractivity contribution in [2.75, 3.05) is 19.6 Å². The standard InChI is InChI=1S/C10H22N2/c1-10(11)9-12-7-5-3-2-4-6-8-12/h10H,2-9,11H2,1H3/t10-/m1/s1. The Morgan fingerprint density at radius 1 is 1.08 bits per heavy atom. The van der Waals surface area contributed by atoms with Gasteiger partial charge in [0.2, 0.25) is 0 Å². The lowest BCUT2D eigenvalue weighted by atomic mass is 10.1. The molecule has 1 heterocycles. The predicted molar refractivity (Wildman–Crippen MR) is 53.2 cm³/mol. The summed E-state index contributed by atoms with van der Waals surface area (Å²) in [7, 11) is 0. The molecule has 1 aliphatic heterocycles. The van der Waals surface area contributed by atoms with E-state index in [9.17, 15) is 0 Å². The highest BCUT2D eigenvalue weighted by Crippen LogP contribution is 2.10. The van der Waals surface area contributed by atoms with Crippen LogP contribution in [0.25, 0.3) is 0 Å². The summed E-state index contributed by atoms with van der Waals surface area (Å²) in [5.74, 6) is 0. The summed E-state index contributed by atoms with van der Waals surface area (Å²) in [6, 6.07) is 0.337. The zero-order chi connectivity index (χ0) is 8.81. The predicted octanol–water partition coefficient (Wildman–Crippen LogP) is 1.60. The Hall–Kier alpha value is -0.0800. The highest BCUT2D eigenvalue weighted by molar-refractivity contribution is 4.66. The third-order valence-electron chi connectivity index (χ3n) is 2.49. The molecule has 2 heteroatoms. The molecule has 1 rings (SSSR count). The second-order valence-electron chi connectivity index (χ2n) is 4.05. The van der Waals surface area contributed by atoms with Crippen LogP contribution < -0.4 is 5.73 Å². The topological polar surface area (TPSA) is 29.3 Å². The van der Waals surface area contributed by atoms with Gasteiger partial charge in [0.15, 0.2) is 0 Å². The first kappa shape index (κ1) is 10.0. The molecule has 1 aliphatic rings. The molecule has 2 N–H and O–H groups in total. The number of likely N-dealkylation sites (tertiary alicyclic amines) is 1. The van der Waals surface area contributed by atoms with Crippen LogP contribution in [0.3, 0.4) is 0 Å². The molecule has 72 valence electrons. The van der Waals surface area contributed by atoms with Crippen molar-refractivity contribution in [3.63, 3.8) is 0 Å². The Balaban J connectivity index is 2.20. The SMILES string of the molecule is C[C@@H](N)CN1CCCCCCC1. The number of hydrogen-bond acceptors (Lipinski definition) is 2. The van der Waals surface area contributed by atoms with Crippen LogP contribution in [-0.4, -0.2) is 30.6 Å². The fourth-order valence-corrected chi connectivity index (χ4v) is 1.90. The van der Waals surface area contributed by atoms with Crippen LogP contribution in [-0.2, 0) is 0 Å². The molecule has 1 atom stereocenters. The fraction of sp³-hybridized carbons (Fsp3) is 1.00. The number of nitrogens with two attached hydrogens (primary N) is 1. The molecule has 0 spiro atoms. The van der Waals surface area contributed by atoms with Gasteiger partial charge in [-0.1, -0.05) is 19.3 Å². The molecule has 1 fully saturated rings. The van der Waals surface area contributed by atoms with Gasteiger partial charge in [0, 0.05) is 12.6 Å². The Bertz CT molecular complexity index is 104. The van der Waals surface area contributed by atoms with E-state index in [4.69, 9.17) is 5.73 Å². The molecule has 0 saturated carbocycles. The first-order valence-electron chi connectivity index (χ1n) is 5.27. The minimum Gasteiger partial charge on any atom is -0.327 e. The lowest BCUT2D eigenvalue weighted by molar-refractivity contribution is 0.237. The van der Waals surface area contributed by atoms with Crippen molar-refractivity contribution in [1.82, 2.24) is 4.90 Å². The summed E-state index contributed by atoms with van der Waals surface area (Å²) in [6.45, 7) is 5.71. The summed E-state index contributed by atoms with van der Waals surface area (Å²) in [6.07, 6.45) is 7.00. The van der Waals surface area contributed by atoms with Crippen LogP contribution in [0.5, 0.6) is 0 Å². The maximum Gasteiger partial charge on any atom is 0.0139 e. The van der Waals surface area contributed by atoms with Gasteiger partial charge in [0.1, 0.15) is 0 Å². The summed E-state index contributed by atoms with van der Waals surface area (Å²) in [5.41, 5.74) is 5.77. The summed E-state index contributed by atoms with van der Waals surface area (Å²) in [4.78, 5) is 2.52. The molecule has 0 aromatic heterocycles. The van der Waals surface area contributed by atoms with Crippen molar-refractivity contribution >= 4 is 0 Å². The molecule has 12 heavy (non-hydrogen) atoms. The Morgan fingerprint density at radius 3 is 2.08 bits per heavy atom. The number of nitrogens with zero attached hydrogens (tertiary/aromatic N) is 1. The smallest absolute Gasteiger partial charge is 0.0139 e. The van der Waals surface area contributed by atoms with Gasteiger partial charge in [-0.05, 0) is 32.9 Å². The second kappa shape index (κ2) is 5.55. The number of rotatable bonds is 2. The fourth-order valence-electron chi connectivity index (χ4n) is 1.90. The molecule has 0 aliphatic carbocycles. The van der Waals surface area contributed by atoms with E-state index >= 15 is 0 Å². The lowest BCUT2D eigenvalue weighted by Crippen LogP contribution is -2.37. The van der Waals surface area contributed by atoms with E-state index in [0.29, 0.717) is 6.04 Å². The molecule has 0 unspecified atom stereocenters. The van der Waals surface area contributed by atoms with Gasteiger partial charge in [0.25, 0.3) is 0 Å². The quantitative estimate of drug-likeness (QED) is 0.682. The van der Waals surface area contributed by atoms with E-state index in [2.05, 4.69) is 11.8 Å². The van der Waals surface area contributed by atoms with Gasteiger partial charge in [-0.3, -0.25) is 0 Å². The first-order valence-corrected chi connectivity index (χ1v) is 5.27. The minimum absolute atomic E-state index is 0.337. The van der Waals surface area contributed by atoms with Gasteiger partial charge in [-0.2, -0.15) is 0 Å². The van der Waals surface area contributed by atoms with Crippen LogP contribution in [0.15, 0.2) is 0 Å². The van der Waals surface area contributed by atoms with Crippen LogP contribution in [0, 0.1) is 0 Å². The van der Waals surface area contributed by atoms with Gasteiger partial charge in [-0.15, -0.1) is 0 Å². The molecule has 0 bridgehead atoms. The monoisotopic (exact) mass is 170 g/mol. The Morgan fingerprint density at radius 2 is 1.58 bits per heavy atom. The Labute approximate surface area is 76.1 Å². The normalized spacial score (nSPS) is 24.5. The van der Waals surface area contributed by atoms with Gasteiger partial charge in [-0.25, -0.2) is 0 Å². The van der Waals surface area contributed by atoms with Gasteiger partial charge in [0.05, 0.1) is 0 Å². The van der Waals surface area contributed by atoms with Crippen molar-refractivity contribution < 1.29 is 0 Å². The van der Waals surface area contributed by atoms with Gasteiger partial charge < -0.3 is 10.6 Å². The molecule has 0 aromatic carbocycles. The molecule has 1 saturated heterocycles. The Kier molecular flexibility index (Phi) is 4.62. The molecule has 0 amide bonds. The molecule has 0 aromatic rings. The van der Waals surface area contributed by atoms with Crippen LogP contribution >= 0.6 is 0 Å². The van der Waals surface area contributed by atoms with E-state index in [1.807, 2.05) is 0 Å². The maximum absolute atomic E-state index is 5.77. The van der Waals surface area contributed by atoms with Crippen molar-refractivity contribution in [2.24, 2.45) is 5.73 Å². The van der Waals surface area contributed by atoms with E-state index < -0.39 is 0 Å². The summed E-state index contributed by atoms with van der Waals surface area (Å²) in [5, 5.41) is 0. The third-order valence-corrected chi connectivity index (χ3v) is 2.49. The summed E-state index contributed by atoms with van der Waals surface area (Å²) >= 11 is 0. The van der Waals surface area contributed by atoms with E-state index in [1.54, 1.807) is 0 Å². The number of hydrogen-bond donors (Lipinski definition) is 1. The van der Waals surface area contributed by atoms with Crippen molar-refractivity contribution in [1.29, 1.82) is 0 Å². The van der Waals surface area contributed by atoms with E-state index in [1.165, 1.54) is 45.2 Å². The zero-order valence-electron chi connectivity index (χ0n) is 8.26. The molecular formula is C10H22N2. The first-order chi connectivity index (χ1) is 5.79. The largest absolute Gasteiger partial charge is 0.327 e. The summed E-state index contributed by atoms with van der Waals surface area (Å²) < 4.78 is 0. The molecule has 0 radical (unpaired) electrons. The lowest BCUT2D eigenvalue weighted by Gasteiger charge is -2.25. The van der Waals surface area contributed by atoms with Crippen molar-refractivity contribution in [3.05, 3.63) is 0 Å². The highest BCUT2D eigenvalue weighted by atomic mass is 15.1. The minimum atomic E-state index is 0.337. The average molecular weight is 170 g/mol. The highest BCUT2D eigenvalue weighted by Gasteiger charge is 2.08. The third kappa shape index (κ3) is 4.07. The van der Waals surface area contributed by atoms with E-state index in [0.717, 1.165) is 6.54 Å². The van der Waals surface area contributed by atoms with Crippen molar-refractivity contribution in [2.45, 2.75) is 45.1 Å². The van der Waals surface area contributed by atoms with Crippen molar-refractivity contribution in [3.8, 4) is 0 Å².